The maximum atomic E-state index is 13.2. The molecule has 1 aromatic rings. The first kappa shape index (κ1) is 13.8. The van der Waals surface area contributed by atoms with Crippen molar-refractivity contribution in [2.75, 3.05) is 13.2 Å². The summed E-state index contributed by atoms with van der Waals surface area (Å²) < 4.78 is 38.4. The van der Waals surface area contributed by atoms with Gasteiger partial charge in [0.1, 0.15) is 12.4 Å². The van der Waals surface area contributed by atoms with Crippen molar-refractivity contribution in [3.63, 3.8) is 0 Å². The molecule has 2 N–H and O–H groups in total. The number of carbonyl (C=O) groups excluding carboxylic acids is 1. The third kappa shape index (κ3) is 3.90. The topological polar surface area (TPSA) is 49.3 Å². The summed E-state index contributed by atoms with van der Waals surface area (Å²) in [4.78, 5) is 11.4. The summed E-state index contributed by atoms with van der Waals surface area (Å²) in [5.41, 5.74) is -0.425. The quantitative estimate of drug-likeness (QED) is 0.874. The molecule has 0 radical (unpaired) electrons. The highest BCUT2D eigenvalue weighted by molar-refractivity contribution is 6.30. The van der Waals surface area contributed by atoms with E-state index >= 15 is 0 Å². The summed E-state index contributed by atoms with van der Waals surface area (Å²) in [5.74, 6) is -5.32. The van der Waals surface area contributed by atoms with Crippen molar-refractivity contribution in [2.45, 2.75) is 5.92 Å². The highest BCUT2D eigenvalue weighted by Crippen LogP contribution is 2.15. The van der Waals surface area contributed by atoms with Crippen LogP contribution in [0.4, 0.5) is 13.2 Å². The number of aliphatic hydroxyl groups is 1. The highest BCUT2D eigenvalue weighted by Gasteiger charge is 2.28. The number of rotatable bonds is 4. The third-order valence-electron chi connectivity index (χ3n) is 1.91. The average molecular weight is 268 g/mol. The van der Waals surface area contributed by atoms with Crippen LogP contribution >= 0.6 is 11.6 Å². The Balaban J connectivity index is 2.74. The van der Waals surface area contributed by atoms with Gasteiger partial charge in [-0.05, 0) is 18.2 Å². The zero-order valence-corrected chi connectivity index (χ0v) is 9.27. The predicted molar refractivity (Wildman–Crippen MR) is 55.8 cm³/mol. The molecule has 0 fully saturated rings. The van der Waals surface area contributed by atoms with Gasteiger partial charge in [0.05, 0.1) is 12.1 Å². The lowest BCUT2D eigenvalue weighted by Gasteiger charge is -2.14. The van der Waals surface area contributed by atoms with Gasteiger partial charge >= 0.3 is 0 Å². The van der Waals surface area contributed by atoms with Crippen molar-refractivity contribution in [1.29, 1.82) is 0 Å². The van der Waals surface area contributed by atoms with Crippen LogP contribution in [0.2, 0.25) is 5.02 Å². The smallest absolute Gasteiger partial charge is 0.287 e. The Kier molecular flexibility index (Phi) is 4.36. The minimum absolute atomic E-state index is 0.116. The minimum atomic E-state index is -3.44. The molecule has 1 rings (SSSR count). The lowest BCUT2D eigenvalue weighted by atomic mass is 10.2. The van der Waals surface area contributed by atoms with Crippen LogP contribution in [0.1, 0.15) is 10.4 Å². The predicted octanol–water partition coefficient (Wildman–Crippen LogP) is 1.84. The first-order chi connectivity index (χ1) is 7.85. The highest BCUT2D eigenvalue weighted by atomic mass is 35.5. The second kappa shape index (κ2) is 5.37. The van der Waals surface area contributed by atoms with Crippen molar-refractivity contribution in [1.82, 2.24) is 5.32 Å². The summed E-state index contributed by atoms with van der Waals surface area (Å²) >= 11 is 5.54. The Morgan fingerprint density at radius 2 is 2.12 bits per heavy atom. The monoisotopic (exact) mass is 267 g/mol. The third-order valence-corrected chi connectivity index (χ3v) is 2.15. The fourth-order valence-corrected chi connectivity index (χ4v) is 1.20. The van der Waals surface area contributed by atoms with Gasteiger partial charge in [-0.3, -0.25) is 4.79 Å². The van der Waals surface area contributed by atoms with E-state index in [4.69, 9.17) is 16.7 Å². The Morgan fingerprint density at radius 3 is 2.71 bits per heavy atom. The van der Waals surface area contributed by atoms with Gasteiger partial charge in [0, 0.05) is 5.02 Å². The second-order valence-electron chi connectivity index (χ2n) is 3.32. The fraction of sp³-hybridized carbons (Fsp3) is 0.300. The molecule has 17 heavy (non-hydrogen) atoms. The van der Waals surface area contributed by atoms with Crippen LogP contribution in [0.5, 0.6) is 0 Å². The van der Waals surface area contributed by atoms with Crippen LogP contribution in [0, 0.1) is 5.82 Å². The van der Waals surface area contributed by atoms with Gasteiger partial charge in [-0.25, -0.2) is 13.2 Å². The van der Waals surface area contributed by atoms with Crippen molar-refractivity contribution < 1.29 is 23.1 Å². The molecule has 1 amide bonds. The van der Waals surface area contributed by atoms with E-state index < -0.39 is 36.4 Å². The number of halogens is 4. The molecule has 94 valence electrons. The summed E-state index contributed by atoms with van der Waals surface area (Å²) in [6.07, 6.45) is 0. The molecule has 0 aliphatic carbocycles. The summed E-state index contributed by atoms with van der Waals surface area (Å²) in [6, 6.07) is 3.22. The molecule has 0 aliphatic rings. The van der Waals surface area contributed by atoms with Gasteiger partial charge in [-0.2, -0.15) is 0 Å². The summed E-state index contributed by atoms with van der Waals surface area (Å²) in [5, 5.41) is 10.2. The van der Waals surface area contributed by atoms with Crippen LogP contribution in [-0.2, 0) is 0 Å². The molecule has 7 heteroatoms. The van der Waals surface area contributed by atoms with Crippen LogP contribution in [-0.4, -0.2) is 30.1 Å². The molecule has 0 aliphatic heterocycles. The zero-order valence-electron chi connectivity index (χ0n) is 8.51. The van der Waals surface area contributed by atoms with Crippen molar-refractivity contribution >= 4 is 17.5 Å². The van der Waals surface area contributed by atoms with E-state index in [9.17, 15) is 18.0 Å². The molecule has 0 unspecified atom stereocenters. The number of hydrogen-bond donors (Lipinski definition) is 2. The molecule has 0 saturated carbocycles. The Labute approximate surface area is 100 Å². The van der Waals surface area contributed by atoms with Gasteiger partial charge in [0.25, 0.3) is 11.8 Å². The van der Waals surface area contributed by atoms with Gasteiger partial charge in [-0.15, -0.1) is 0 Å². The lowest BCUT2D eigenvalue weighted by molar-refractivity contribution is -0.0462. The molecular weight excluding hydrogens is 259 g/mol. The van der Waals surface area contributed by atoms with E-state index in [-0.39, 0.29) is 5.02 Å². The SMILES string of the molecule is O=C(NCC(F)(F)CO)c1cc(Cl)ccc1F. The van der Waals surface area contributed by atoms with Crippen LogP contribution in [0.15, 0.2) is 18.2 Å². The molecule has 3 nitrogen and oxygen atoms in total. The Morgan fingerprint density at radius 1 is 1.47 bits per heavy atom. The first-order valence-electron chi connectivity index (χ1n) is 4.57. The molecule has 0 bridgehead atoms. The first-order valence-corrected chi connectivity index (χ1v) is 4.95. The number of alkyl halides is 2. The maximum Gasteiger partial charge on any atom is 0.287 e. The van der Waals surface area contributed by atoms with Crippen LogP contribution in [0.3, 0.4) is 0 Å². The van der Waals surface area contributed by atoms with E-state index in [1.165, 1.54) is 6.07 Å². The number of benzene rings is 1. The van der Waals surface area contributed by atoms with E-state index in [0.717, 1.165) is 12.1 Å². The van der Waals surface area contributed by atoms with Gasteiger partial charge in [-0.1, -0.05) is 11.6 Å². The lowest BCUT2D eigenvalue weighted by Crippen LogP contribution is -2.39. The van der Waals surface area contributed by atoms with Crippen molar-refractivity contribution in [3.05, 3.63) is 34.6 Å². The Hall–Kier alpha value is -1.27. The van der Waals surface area contributed by atoms with Crippen LogP contribution < -0.4 is 5.32 Å². The average Bonchev–Trinajstić information content (AvgIpc) is 2.29. The van der Waals surface area contributed by atoms with Gasteiger partial charge in [0.2, 0.25) is 0 Å². The van der Waals surface area contributed by atoms with E-state index in [1.807, 2.05) is 5.32 Å². The molecule has 0 heterocycles. The number of carbonyl (C=O) groups is 1. The maximum absolute atomic E-state index is 13.2. The summed E-state index contributed by atoms with van der Waals surface area (Å²) in [6.45, 7) is -2.47. The zero-order chi connectivity index (χ0) is 13.1. The molecule has 0 spiro atoms. The minimum Gasteiger partial charge on any atom is -0.390 e. The summed E-state index contributed by atoms with van der Waals surface area (Å²) in [7, 11) is 0. The standard InChI is InChI=1S/C10H9ClF3NO2/c11-6-1-2-8(12)7(3-6)9(17)15-4-10(13,14)5-16/h1-3,16H,4-5H2,(H,15,17). The second-order valence-corrected chi connectivity index (χ2v) is 3.76. The number of hydrogen-bond acceptors (Lipinski definition) is 2. The number of amides is 1. The molecular formula is C10H9ClF3NO2. The van der Waals surface area contributed by atoms with Crippen LogP contribution in [0.25, 0.3) is 0 Å². The van der Waals surface area contributed by atoms with Crippen molar-refractivity contribution in [2.24, 2.45) is 0 Å². The van der Waals surface area contributed by atoms with Gasteiger partial charge < -0.3 is 10.4 Å². The molecule has 0 atom stereocenters. The molecule has 1 aromatic carbocycles. The van der Waals surface area contributed by atoms with E-state index in [2.05, 4.69) is 0 Å². The van der Waals surface area contributed by atoms with Gasteiger partial charge in [0.15, 0.2) is 0 Å². The largest absolute Gasteiger partial charge is 0.390 e. The van der Waals surface area contributed by atoms with Crippen molar-refractivity contribution in [3.8, 4) is 0 Å². The number of nitrogens with one attached hydrogen (secondary N) is 1. The van der Waals surface area contributed by atoms with E-state index in [1.54, 1.807) is 0 Å². The fourth-order valence-electron chi connectivity index (χ4n) is 1.03. The Bertz CT molecular complexity index is 426. The van der Waals surface area contributed by atoms with E-state index in [0.29, 0.717) is 0 Å². The molecule has 0 aromatic heterocycles. The number of aliphatic hydroxyl groups excluding tert-OH is 1. The normalized spacial score (nSPS) is 11.4. The molecule has 0 saturated heterocycles.